The van der Waals surface area contributed by atoms with Crippen LogP contribution in [0.5, 0.6) is 0 Å². The van der Waals surface area contributed by atoms with Crippen molar-refractivity contribution in [3.8, 4) is 10.6 Å². The van der Waals surface area contributed by atoms with Gasteiger partial charge in [0.05, 0.1) is 4.88 Å². The Labute approximate surface area is 88.4 Å². The van der Waals surface area contributed by atoms with E-state index in [0.717, 1.165) is 11.5 Å². The summed E-state index contributed by atoms with van der Waals surface area (Å²) >= 11 is 1.71. The highest BCUT2D eigenvalue weighted by atomic mass is 32.1. The van der Waals surface area contributed by atoms with Gasteiger partial charge in [-0.05, 0) is 23.6 Å². The highest BCUT2D eigenvalue weighted by Crippen LogP contribution is 2.31. The second-order valence-corrected chi connectivity index (χ2v) is 5.34. The van der Waals surface area contributed by atoms with Crippen molar-refractivity contribution in [2.75, 3.05) is 0 Å². The van der Waals surface area contributed by atoms with Crippen LogP contribution in [0.4, 0.5) is 0 Å². The molecule has 0 atom stereocenters. The maximum absolute atomic E-state index is 5.80. The Morgan fingerprint density at radius 2 is 1.93 bits per heavy atom. The Bertz CT molecular complexity index is 404. The van der Waals surface area contributed by atoms with Crippen molar-refractivity contribution in [2.45, 2.75) is 26.2 Å². The normalized spacial score (nSPS) is 11.9. The highest BCUT2D eigenvalue weighted by molar-refractivity contribution is 7.13. The molecule has 0 N–H and O–H groups in total. The van der Waals surface area contributed by atoms with Gasteiger partial charge in [0.2, 0.25) is 0 Å². The molecule has 0 spiro atoms. The highest BCUT2D eigenvalue weighted by Gasteiger charge is 2.18. The lowest BCUT2D eigenvalue weighted by Crippen LogP contribution is -2.08. The summed E-state index contributed by atoms with van der Waals surface area (Å²) in [7, 11) is 0. The van der Waals surface area contributed by atoms with Crippen molar-refractivity contribution in [2.24, 2.45) is 0 Å². The second kappa shape index (κ2) is 3.28. The molecule has 0 amide bonds. The summed E-state index contributed by atoms with van der Waals surface area (Å²) in [4.78, 5) is 1.19. The quantitative estimate of drug-likeness (QED) is 0.677. The Balaban J connectivity index is 2.36. The molecule has 0 radical (unpaired) electrons. The van der Waals surface area contributed by atoms with E-state index < -0.39 is 0 Å². The lowest BCUT2D eigenvalue weighted by atomic mass is 9.94. The molecule has 0 aromatic carbocycles. The molecule has 0 fully saturated rings. The zero-order chi connectivity index (χ0) is 10.2. The minimum Gasteiger partial charge on any atom is -0.460 e. The van der Waals surface area contributed by atoms with E-state index in [-0.39, 0.29) is 5.41 Å². The predicted molar refractivity (Wildman–Crippen MR) is 60.7 cm³/mol. The summed E-state index contributed by atoms with van der Waals surface area (Å²) in [6.45, 7) is 6.47. The van der Waals surface area contributed by atoms with Crippen molar-refractivity contribution in [3.05, 3.63) is 35.4 Å². The predicted octanol–water partition coefficient (Wildman–Crippen LogP) is 4.31. The van der Waals surface area contributed by atoms with Gasteiger partial charge in [0.15, 0.2) is 0 Å². The number of hydrogen-bond acceptors (Lipinski definition) is 2. The van der Waals surface area contributed by atoms with Crippen LogP contribution in [0.3, 0.4) is 0 Å². The van der Waals surface area contributed by atoms with Gasteiger partial charge in [-0.25, -0.2) is 0 Å². The SMILES string of the molecule is CC(C)(C)c1ccc(-c2cccs2)o1. The van der Waals surface area contributed by atoms with Gasteiger partial charge in [-0.2, -0.15) is 0 Å². The van der Waals surface area contributed by atoms with Crippen molar-refractivity contribution < 1.29 is 4.42 Å². The summed E-state index contributed by atoms with van der Waals surface area (Å²) < 4.78 is 5.80. The molecule has 0 aliphatic carbocycles. The summed E-state index contributed by atoms with van der Waals surface area (Å²) in [5.41, 5.74) is 0.0928. The van der Waals surface area contributed by atoms with Gasteiger partial charge in [0.25, 0.3) is 0 Å². The molecular formula is C12H14OS. The van der Waals surface area contributed by atoms with Crippen molar-refractivity contribution in [3.63, 3.8) is 0 Å². The van der Waals surface area contributed by atoms with Crippen LogP contribution in [0.25, 0.3) is 10.6 Å². The van der Waals surface area contributed by atoms with E-state index in [1.54, 1.807) is 11.3 Å². The zero-order valence-electron chi connectivity index (χ0n) is 8.70. The third kappa shape index (κ3) is 1.75. The molecular weight excluding hydrogens is 192 g/mol. The first-order valence-electron chi connectivity index (χ1n) is 4.71. The van der Waals surface area contributed by atoms with E-state index in [4.69, 9.17) is 4.42 Å². The van der Waals surface area contributed by atoms with Gasteiger partial charge in [-0.1, -0.05) is 26.8 Å². The van der Waals surface area contributed by atoms with Gasteiger partial charge in [-0.3, -0.25) is 0 Å². The molecule has 0 aliphatic rings. The Kier molecular flexibility index (Phi) is 2.23. The third-order valence-electron chi connectivity index (χ3n) is 2.11. The summed E-state index contributed by atoms with van der Waals surface area (Å²) in [6, 6.07) is 8.23. The van der Waals surface area contributed by atoms with Crippen molar-refractivity contribution in [1.82, 2.24) is 0 Å². The Morgan fingerprint density at radius 1 is 1.14 bits per heavy atom. The average molecular weight is 206 g/mol. The summed E-state index contributed by atoms with van der Waals surface area (Å²) in [5, 5.41) is 2.06. The van der Waals surface area contributed by atoms with Gasteiger partial charge >= 0.3 is 0 Å². The van der Waals surface area contributed by atoms with Gasteiger partial charge in [0, 0.05) is 5.41 Å². The van der Waals surface area contributed by atoms with Crippen LogP contribution in [0.2, 0.25) is 0 Å². The van der Waals surface area contributed by atoms with Crippen LogP contribution in [0.15, 0.2) is 34.1 Å². The molecule has 0 saturated heterocycles. The number of thiophene rings is 1. The molecule has 0 bridgehead atoms. The van der Waals surface area contributed by atoms with Gasteiger partial charge in [0.1, 0.15) is 11.5 Å². The van der Waals surface area contributed by atoms with Crippen LogP contribution >= 0.6 is 11.3 Å². The van der Waals surface area contributed by atoms with E-state index in [0.29, 0.717) is 0 Å². The molecule has 2 heterocycles. The first kappa shape index (κ1) is 9.53. The molecule has 0 saturated carbocycles. The third-order valence-corrected chi connectivity index (χ3v) is 2.99. The van der Waals surface area contributed by atoms with E-state index in [2.05, 4.69) is 38.3 Å². The number of furan rings is 1. The molecule has 74 valence electrons. The molecule has 2 rings (SSSR count). The van der Waals surface area contributed by atoms with E-state index in [9.17, 15) is 0 Å². The molecule has 2 aromatic rings. The fourth-order valence-electron chi connectivity index (χ4n) is 1.29. The van der Waals surface area contributed by atoms with Gasteiger partial charge in [-0.15, -0.1) is 11.3 Å². The molecule has 2 heteroatoms. The summed E-state index contributed by atoms with van der Waals surface area (Å²) in [6.07, 6.45) is 0. The Morgan fingerprint density at radius 3 is 2.43 bits per heavy atom. The lowest BCUT2D eigenvalue weighted by Gasteiger charge is -2.13. The molecule has 2 aromatic heterocycles. The second-order valence-electron chi connectivity index (χ2n) is 4.39. The zero-order valence-corrected chi connectivity index (χ0v) is 9.52. The van der Waals surface area contributed by atoms with Crippen LogP contribution in [-0.4, -0.2) is 0 Å². The van der Waals surface area contributed by atoms with Crippen molar-refractivity contribution in [1.29, 1.82) is 0 Å². The van der Waals surface area contributed by atoms with E-state index in [1.165, 1.54) is 4.88 Å². The maximum atomic E-state index is 5.80. The minimum absolute atomic E-state index is 0.0928. The smallest absolute Gasteiger partial charge is 0.144 e. The fraction of sp³-hybridized carbons (Fsp3) is 0.333. The standard InChI is InChI=1S/C12H14OS/c1-12(2,3)11-7-6-9(13-11)10-5-4-8-14-10/h4-8H,1-3H3. The monoisotopic (exact) mass is 206 g/mol. The first-order valence-corrected chi connectivity index (χ1v) is 5.59. The van der Waals surface area contributed by atoms with Crippen molar-refractivity contribution >= 4 is 11.3 Å². The van der Waals surface area contributed by atoms with Crippen LogP contribution in [0, 0.1) is 0 Å². The van der Waals surface area contributed by atoms with Crippen LogP contribution in [-0.2, 0) is 5.41 Å². The summed E-state index contributed by atoms with van der Waals surface area (Å²) in [5.74, 6) is 2.02. The first-order chi connectivity index (χ1) is 6.57. The molecule has 1 nitrogen and oxygen atoms in total. The maximum Gasteiger partial charge on any atom is 0.144 e. The van der Waals surface area contributed by atoms with E-state index >= 15 is 0 Å². The molecule has 14 heavy (non-hydrogen) atoms. The average Bonchev–Trinajstić information content (AvgIpc) is 2.73. The minimum atomic E-state index is 0.0928. The topological polar surface area (TPSA) is 13.1 Å². The molecule has 0 unspecified atom stereocenters. The Hall–Kier alpha value is -1.02. The van der Waals surface area contributed by atoms with Crippen LogP contribution in [0.1, 0.15) is 26.5 Å². The van der Waals surface area contributed by atoms with E-state index in [1.807, 2.05) is 12.1 Å². The lowest BCUT2D eigenvalue weighted by molar-refractivity contribution is 0.417. The molecule has 0 aliphatic heterocycles. The largest absolute Gasteiger partial charge is 0.460 e. The van der Waals surface area contributed by atoms with Crippen LogP contribution < -0.4 is 0 Å². The number of rotatable bonds is 1. The fourth-order valence-corrected chi connectivity index (χ4v) is 1.98. The van der Waals surface area contributed by atoms with Gasteiger partial charge < -0.3 is 4.42 Å². The number of hydrogen-bond donors (Lipinski definition) is 0.